The average Bonchev–Trinajstić information content (AvgIpc) is 2.00. The maximum Gasteiger partial charge on any atom is 1.00 e. The van der Waals surface area contributed by atoms with Gasteiger partial charge in [0.2, 0.25) is 0 Å². The van der Waals surface area contributed by atoms with Crippen LogP contribution in [0, 0.1) is 0 Å². The summed E-state index contributed by atoms with van der Waals surface area (Å²) >= 11 is -1.86. The first-order valence-electron chi connectivity index (χ1n) is 3.99. The molecule has 0 aliphatic rings. The van der Waals surface area contributed by atoms with Crippen LogP contribution < -0.4 is 29.6 Å². The largest absolute Gasteiger partial charge is 1.00 e. The van der Waals surface area contributed by atoms with E-state index in [1.807, 2.05) is 0 Å². The molecule has 0 spiro atoms. The van der Waals surface area contributed by atoms with Crippen LogP contribution in [0.25, 0.3) is 0 Å². The van der Waals surface area contributed by atoms with Crippen molar-refractivity contribution in [2.24, 2.45) is 0 Å². The molecule has 0 aliphatic carbocycles. The first-order chi connectivity index (χ1) is 6.62. The molecule has 0 bridgehead atoms. The smallest absolute Gasteiger partial charge is 0.773 e. The van der Waals surface area contributed by atoms with Crippen LogP contribution in [0.2, 0.25) is 0 Å². The minimum Gasteiger partial charge on any atom is -0.773 e. The van der Waals surface area contributed by atoms with Crippen molar-refractivity contribution in [3.8, 4) is 0 Å². The first kappa shape index (κ1) is 21.8. The van der Waals surface area contributed by atoms with Crippen molar-refractivity contribution < 1.29 is 56.3 Å². The van der Waals surface area contributed by atoms with E-state index in [-0.39, 0.29) is 36.2 Å². The number of ether oxygens (including phenoxy) is 1. The maximum absolute atomic E-state index is 10.8. The summed E-state index contributed by atoms with van der Waals surface area (Å²) in [5.74, 6) is -0.685. The molecule has 0 amide bonds. The van der Waals surface area contributed by atoms with Crippen molar-refractivity contribution >= 4 is 26.9 Å². The van der Waals surface area contributed by atoms with E-state index in [1.54, 1.807) is 6.92 Å². The van der Waals surface area contributed by atoms with Gasteiger partial charge < -0.3 is 9.29 Å². The molecule has 0 saturated heterocycles. The van der Waals surface area contributed by atoms with Crippen molar-refractivity contribution in [3.63, 3.8) is 0 Å². The molecular weight excluding hydrogens is 267 g/mol. The van der Waals surface area contributed by atoms with Gasteiger partial charge in [0.05, 0.1) is 6.61 Å². The second kappa shape index (κ2) is 10.7. The molecule has 0 N–H and O–H groups in total. The standard InChI is InChI=1S/C6H12O4S.CH4O2S.Na/c1-4-10-6(7)5(2)11(3,8)9;1-4(2)3;/h5H,4H2,1-3H3;1H3,(H,2,3);/q;;+1/p-1. The van der Waals surface area contributed by atoms with Crippen molar-refractivity contribution in [3.05, 3.63) is 0 Å². The van der Waals surface area contributed by atoms with Crippen LogP contribution in [0.5, 0.6) is 0 Å². The fourth-order valence-electron chi connectivity index (χ4n) is 0.434. The zero-order chi connectivity index (χ0) is 12.6. The van der Waals surface area contributed by atoms with Gasteiger partial charge in [-0.25, -0.2) is 8.42 Å². The molecule has 0 aromatic carbocycles. The molecule has 0 heterocycles. The summed E-state index contributed by atoms with van der Waals surface area (Å²) in [6, 6.07) is 0. The molecule has 2 atom stereocenters. The molecule has 0 aromatic heterocycles. The quantitative estimate of drug-likeness (QED) is 0.302. The second-order valence-corrected chi connectivity index (χ2v) is 5.79. The molecule has 16 heavy (non-hydrogen) atoms. The van der Waals surface area contributed by atoms with Gasteiger partial charge >= 0.3 is 35.5 Å². The minimum absolute atomic E-state index is 0. The van der Waals surface area contributed by atoms with Crippen molar-refractivity contribution in [1.82, 2.24) is 0 Å². The van der Waals surface area contributed by atoms with Crippen LogP contribution in [0.3, 0.4) is 0 Å². The van der Waals surface area contributed by atoms with E-state index in [4.69, 9.17) is 8.76 Å². The van der Waals surface area contributed by atoms with Gasteiger partial charge in [0.1, 0.15) is 0 Å². The Hall–Kier alpha value is 0.530. The molecule has 0 saturated carbocycles. The Kier molecular flexibility index (Phi) is 14.5. The molecule has 6 nitrogen and oxygen atoms in total. The van der Waals surface area contributed by atoms with Gasteiger partial charge in [-0.15, -0.1) is 0 Å². The Morgan fingerprint density at radius 1 is 1.50 bits per heavy atom. The van der Waals surface area contributed by atoms with Crippen LogP contribution in [0.1, 0.15) is 13.8 Å². The maximum atomic E-state index is 10.8. The van der Waals surface area contributed by atoms with Crippen LogP contribution in [-0.4, -0.2) is 47.5 Å². The van der Waals surface area contributed by atoms with Crippen molar-refractivity contribution in [2.75, 3.05) is 19.1 Å². The van der Waals surface area contributed by atoms with E-state index in [2.05, 4.69) is 4.74 Å². The van der Waals surface area contributed by atoms with Gasteiger partial charge in [0.15, 0.2) is 15.1 Å². The third-order valence-corrected chi connectivity index (χ3v) is 2.74. The molecule has 0 aliphatic heterocycles. The van der Waals surface area contributed by atoms with E-state index in [0.717, 1.165) is 12.5 Å². The number of hydrogen-bond donors (Lipinski definition) is 0. The summed E-state index contributed by atoms with van der Waals surface area (Å²) in [5.41, 5.74) is 0. The monoisotopic (exact) mass is 282 g/mol. The molecule has 92 valence electrons. The Bertz CT molecular complexity index is 309. The van der Waals surface area contributed by atoms with E-state index >= 15 is 0 Å². The number of sulfone groups is 1. The van der Waals surface area contributed by atoms with Gasteiger partial charge in [-0.3, -0.25) is 9.00 Å². The zero-order valence-corrected chi connectivity index (χ0v) is 13.7. The van der Waals surface area contributed by atoms with E-state index in [9.17, 15) is 13.2 Å². The van der Waals surface area contributed by atoms with E-state index in [0.29, 0.717) is 0 Å². The summed E-state index contributed by atoms with van der Waals surface area (Å²) in [6.45, 7) is 3.15. The SMILES string of the molecule is CCOC(=O)C(C)S(C)(=O)=O.CS(=O)[O-].[Na+]. The number of hydrogen-bond acceptors (Lipinski definition) is 6. The molecule has 0 radical (unpaired) electrons. The Morgan fingerprint density at radius 2 is 1.81 bits per heavy atom. The molecule has 2 unspecified atom stereocenters. The van der Waals surface area contributed by atoms with Crippen LogP contribution in [0.15, 0.2) is 0 Å². The van der Waals surface area contributed by atoms with Crippen LogP contribution in [-0.2, 0) is 30.4 Å². The Labute approximate surface area is 121 Å². The zero-order valence-electron chi connectivity index (χ0n) is 10.1. The topological polar surface area (TPSA) is 101 Å². The third kappa shape index (κ3) is 14.5. The fraction of sp³-hybridized carbons (Fsp3) is 0.857. The number of esters is 1. The van der Waals surface area contributed by atoms with Gasteiger partial charge in [0.25, 0.3) is 0 Å². The van der Waals surface area contributed by atoms with Crippen molar-refractivity contribution in [1.29, 1.82) is 0 Å². The van der Waals surface area contributed by atoms with Crippen LogP contribution in [0.4, 0.5) is 0 Å². The predicted octanol–water partition coefficient (Wildman–Crippen LogP) is -3.52. The molecule has 0 fully saturated rings. The third-order valence-electron chi connectivity index (χ3n) is 1.26. The molecule has 9 heteroatoms. The van der Waals surface area contributed by atoms with E-state index in [1.165, 1.54) is 6.92 Å². The number of carbonyl (C=O) groups excluding carboxylic acids is 1. The van der Waals surface area contributed by atoms with Crippen molar-refractivity contribution in [2.45, 2.75) is 19.1 Å². The van der Waals surface area contributed by atoms with Gasteiger partial charge in [-0.1, -0.05) is 11.1 Å². The van der Waals surface area contributed by atoms with Gasteiger partial charge in [-0.05, 0) is 20.1 Å². The minimum atomic E-state index is -3.30. The summed E-state index contributed by atoms with van der Waals surface area (Å²) in [7, 11) is -3.30. The first-order valence-corrected chi connectivity index (χ1v) is 7.43. The Balaban J connectivity index is -0.000000292. The Morgan fingerprint density at radius 3 is 2.00 bits per heavy atom. The van der Waals surface area contributed by atoms with Gasteiger partial charge in [-0.2, -0.15) is 0 Å². The summed E-state index contributed by atoms with van der Waals surface area (Å²) in [4.78, 5) is 10.8. The summed E-state index contributed by atoms with van der Waals surface area (Å²) < 4.78 is 44.0. The summed E-state index contributed by atoms with van der Waals surface area (Å²) in [5, 5.41) is -1.05. The number of carbonyl (C=O) groups is 1. The normalized spacial score (nSPS) is 13.6. The number of rotatable bonds is 3. The summed E-state index contributed by atoms with van der Waals surface area (Å²) in [6.07, 6.45) is 2.09. The van der Waals surface area contributed by atoms with Gasteiger partial charge in [0, 0.05) is 6.26 Å². The predicted molar refractivity (Wildman–Crippen MR) is 55.8 cm³/mol. The molecule has 0 aromatic rings. The molecule has 0 rings (SSSR count). The average molecular weight is 282 g/mol. The van der Waals surface area contributed by atoms with E-state index < -0.39 is 32.1 Å². The second-order valence-electron chi connectivity index (χ2n) is 2.63. The molecular formula is C7H15NaO6S2. The fourth-order valence-corrected chi connectivity index (χ4v) is 0.852. The van der Waals surface area contributed by atoms with Crippen LogP contribution >= 0.6 is 0 Å².